The van der Waals surface area contributed by atoms with Gasteiger partial charge in [-0.2, -0.15) is 0 Å². The Kier molecular flexibility index (Phi) is 5.16. The standard InChI is InChI=1S/C23H26N2O2/c1-26-20-10-6-18(7-11-20)17-25-16-4-15-24-14-3-5-22(24)23(25)19-8-12-21(27-2)13-9-19/h3,5-14,23H,4,15-17H2,1-2H3. The largest absolute Gasteiger partial charge is 0.497 e. The number of hydrogen-bond acceptors (Lipinski definition) is 3. The van der Waals surface area contributed by atoms with Gasteiger partial charge in [0.1, 0.15) is 11.5 Å². The van der Waals surface area contributed by atoms with Gasteiger partial charge in [-0.05, 0) is 53.9 Å². The zero-order valence-electron chi connectivity index (χ0n) is 16.0. The first-order valence-electron chi connectivity index (χ1n) is 9.44. The molecule has 0 radical (unpaired) electrons. The molecule has 3 aromatic rings. The summed E-state index contributed by atoms with van der Waals surface area (Å²) < 4.78 is 13.0. The van der Waals surface area contributed by atoms with Crippen LogP contribution in [0.2, 0.25) is 0 Å². The molecule has 1 atom stereocenters. The molecule has 0 amide bonds. The van der Waals surface area contributed by atoms with Gasteiger partial charge in [0, 0.05) is 31.5 Å². The van der Waals surface area contributed by atoms with E-state index in [2.05, 4.69) is 64.2 Å². The average Bonchev–Trinajstić information content (AvgIpc) is 3.10. The van der Waals surface area contributed by atoms with Gasteiger partial charge in [-0.3, -0.25) is 4.90 Å². The second-order valence-corrected chi connectivity index (χ2v) is 6.97. The Balaban J connectivity index is 1.68. The summed E-state index contributed by atoms with van der Waals surface area (Å²) in [6.07, 6.45) is 3.34. The van der Waals surface area contributed by atoms with Crippen LogP contribution in [-0.4, -0.2) is 30.2 Å². The zero-order chi connectivity index (χ0) is 18.6. The van der Waals surface area contributed by atoms with E-state index in [4.69, 9.17) is 9.47 Å². The maximum atomic E-state index is 5.35. The van der Waals surface area contributed by atoms with Crippen molar-refractivity contribution >= 4 is 0 Å². The van der Waals surface area contributed by atoms with Crippen LogP contribution < -0.4 is 9.47 Å². The van der Waals surface area contributed by atoms with Gasteiger partial charge in [0.15, 0.2) is 0 Å². The quantitative estimate of drug-likeness (QED) is 0.668. The minimum atomic E-state index is 0.232. The molecule has 0 saturated carbocycles. The van der Waals surface area contributed by atoms with Crippen LogP contribution in [-0.2, 0) is 13.1 Å². The van der Waals surface area contributed by atoms with Crippen LogP contribution in [0, 0.1) is 0 Å². The highest BCUT2D eigenvalue weighted by molar-refractivity contribution is 5.35. The van der Waals surface area contributed by atoms with E-state index < -0.39 is 0 Å². The van der Waals surface area contributed by atoms with Crippen molar-refractivity contribution < 1.29 is 9.47 Å². The van der Waals surface area contributed by atoms with Crippen molar-refractivity contribution in [1.29, 1.82) is 0 Å². The molecule has 0 spiro atoms. The fraction of sp³-hybridized carbons (Fsp3) is 0.304. The lowest BCUT2D eigenvalue weighted by Crippen LogP contribution is -2.29. The number of rotatable bonds is 5. The molecule has 4 nitrogen and oxygen atoms in total. The highest BCUT2D eigenvalue weighted by atomic mass is 16.5. The number of fused-ring (bicyclic) bond motifs is 1. The molecule has 4 rings (SSSR count). The number of aromatic nitrogens is 1. The summed E-state index contributed by atoms with van der Waals surface area (Å²) in [6, 6.07) is 21.5. The maximum absolute atomic E-state index is 5.35. The topological polar surface area (TPSA) is 26.6 Å². The normalized spacial score (nSPS) is 17.2. The van der Waals surface area contributed by atoms with E-state index in [1.807, 2.05) is 12.1 Å². The lowest BCUT2D eigenvalue weighted by Gasteiger charge is -2.31. The lowest BCUT2D eigenvalue weighted by atomic mass is 10.0. The molecule has 2 heterocycles. The summed E-state index contributed by atoms with van der Waals surface area (Å²) in [5.41, 5.74) is 3.95. The third kappa shape index (κ3) is 3.71. The second-order valence-electron chi connectivity index (χ2n) is 6.97. The van der Waals surface area contributed by atoms with Gasteiger partial charge >= 0.3 is 0 Å². The fourth-order valence-electron chi connectivity index (χ4n) is 3.94. The van der Waals surface area contributed by atoms with Crippen LogP contribution in [0.15, 0.2) is 66.9 Å². The predicted molar refractivity (Wildman–Crippen MR) is 107 cm³/mol. The van der Waals surface area contributed by atoms with E-state index in [0.717, 1.165) is 37.6 Å². The van der Waals surface area contributed by atoms with Crippen LogP contribution >= 0.6 is 0 Å². The van der Waals surface area contributed by atoms with E-state index in [-0.39, 0.29) is 6.04 Å². The van der Waals surface area contributed by atoms with Crippen molar-refractivity contribution in [3.8, 4) is 11.5 Å². The number of ether oxygens (including phenoxy) is 2. The highest BCUT2D eigenvalue weighted by Gasteiger charge is 2.27. The van der Waals surface area contributed by atoms with E-state index >= 15 is 0 Å². The number of hydrogen-bond donors (Lipinski definition) is 0. The van der Waals surface area contributed by atoms with Crippen molar-refractivity contribution in [2.24, 2.45) is 0 Å². The molecule has 0 aliphatic carbocycles. The predicted octanol–water partition coefficient (Wildman–Crippen LogP) is 4.50. The monoisotopic (exact) mass is 362 g/mol. The Morgan fingerprint density at radius 3 is 2.19 bits per heavy atom. The summed E-state index contributed by atoms with van der Waals surface area (Å²) in [7, 11) is 3.42. The molecule has 2 aromatic carbocycles. The van der Waals surface area contributed by atoms with Gasteiger partial charge in [-0.1, -0.05) is 24.3 Å². The number of methoxy groups -OCH3 is 2. The van der Waals surface area contributed by atoms with Crippen LogP contribution in [0.4, 0.5) is 0 Å². The Morgan fingerprint density at radius 2 is 1.52 bits per heavy atom. The first-order chi connectivity index (χ1) is 13.3. The first kappa shape index (κ1) is 17.7. The van der Waals surface area contributed by atoms with Crippen molar-refractivity contribution in [1.82, 2.24) is 9.47 Å². The van der Waals surface area contributed by atoms with Gasteiger partial charge in [0.25, 0.3) is 0 Å². The fourth-order valence-corrected chi connectivity index (χ4v) is 3.94. The molecular weight excluding hydrogens is 336 g/mol. The zero-order valence-corrected chi connectivity index (χ0v) is 16.0. The maximum Gasteiger partial charge on any atom is 0.118 e. The minimum absolute atomic E-state index is 0.232. The molecule has 1 aliphatic rings. The third-order valence-corrected chi connectivity index (χ3v) is 5.33. The third-order valence-electron chi connectivity index (χ3n) is 5.33. The number of nitrogens with zero attached hydrogens (tertiary/aromatic N) is 2. The summed E-state index contributed by atoms with van der Waals surface area (Å²) in [5, 5.41) is 0. The SMILES string of the molecule is COc1ccc(CN2CCCn3cccc3C2c2ccc(OC)cc2)cc1. The molecule has 1 unspecified atom stereocenters. The van der Waals surface area contributed by atoms with Gasteiger partial charge in [-0.25, -0.2) is 0 Å². The molecule has 1 aromatic heterocycles. The summed E-state index contributed by atoms with van der Waals surface area (Å²) >= 11 is 0. The van der Waals surface area contributed by atoms with Gasteiger partial charge < -0.3 is 14.0 Å². The van der Waals surface area contributed by atoms with Crippen molar-refractivity contribution in [2.75, 3.05) is 20.8 Å². The Labute approximate surface area is 161 Å². The summed E-state index contributed by atoms with van der Waals surface area (Å²) in [4.78, 5) is 2.57. The number of aryl methyl sites for hydroxylation is 1. The molecule has 0 N–H and O–H groups in total. The van der Waals surface area contributed by atoms with Gasteiger partial charge in [0.05, 0.1) is 20.3 Å². The molecule has 1 aliphatic heterocycles. The number of benzene rings is 2. The molecule has 27 heavy (non-hydrogen) atoms. The Morgan fingerprint density at radius 1 is 0.852 bits per heavy atom. The molecule has 0 fully saturated rings. The summed E-state index contributed by atoms with van der Waals surface area (Å²) in [6.45, 7) is 3.03. The van der Waals surface area contributed by atoms with Crippen LogP contribution in [0.3, 0.4) is 0 Å². The van der Waals surface area contributed by atoms with Gasteiger partial charge in [0.2, 0.25) is 0 Å². The van der Waals surface area contributed by atoms with E-state index in [9.17, 15) is 0 Å². The van der Waals surface area contributed by atoms with E-state index in [1.165, 1.54) is 16.8 Å². The molecule has 0 saturated heterocycles. The van der Waals surface area contributed by atoms with Crippen LogP contribution in [0.25, 0.3) is 0 Å². The molecule has 4 heteroatoms. The van der Waals surface area contributed by atoms with Crippen molar-refractivity contribution in [3.63, 3.8) is 0 Å². The first-order valence-corrected chi connectivity index (χ1v) is 9.44. The highest BCUT2D eigenvalue weighted by Crippen LogP contribution is 2.34. The molecule has 0 bridgehead atoms. The summed E-state index contributed by atoms with van der Waals surface area (Å²) in [5.74, 6) is 1.79. The van der Waals surface area contributed by atoms with Crippen molar-refractivity contribution in [2.45, 2.75) is 25.6 Å². The Bertz CT molecular complexity index is 868. The molecule has 140 valence electrons. The van der Waals surface area contributed by atoms with Crippen molar-refractivity contribution in [3.05, 3.63) is 83.7 Å². The molecular formula is C23H26N2O2. The van der Waals surface area contributed by atoms with Crippen LogP contribution in [0.1, 0.15) is 29.3 Å². The second kappa shape index (κ2) is 7.89. The van der Waals surface area contributed by atoms with E-state index in [1.54, 1.807) is 14.2 Å². The van der Waals surface area contributed by atoms with Gasteiger partial charge in [-0.15, -0.1) is 0 Å². The van der Waals surface area contributed by atoms with E-state index in [0.29, 0.717) is 0 Å². The average molecular weight is 362 g/mol. The minimum Gasteiger partial charge on any atom is -0.497 e. The van der Waals surface area contributed by atoms with Crippen LogP contribution in [0.5, 0.6) is 11.5 Å². The lowest BCUT2D eigenvalue weighted by molar-refractivity contribution is 0.220. The Hall–Kier alpha value is -2.72. The smallest absolute Gasteiger partial charge is 0.118 e.